The number of anilines is 1. The summed E-state index contributed by atoms with van der Waals surface area (Å²) in [6.07, 6.45) is 0. The SMILES string of the molecule is COc1ccccc1N1CCN(CC(=O)NCc2ccc(S(N)(=O)=O)cc2)C1=O. The van der Waals surface area contributed by atoms with E-state index >= 15 is 0 Å². The highest BCUT2D eigenvalue weighted by Gasteiger charge is 2.32. The number of para-hydroxylation sites is 2. The van der Waals surface area contributed by atoms with Crippen molar-refractivity contribution in [3.63, 3.8) is 0 Å². The van der Waals surface area contributed by atoms with Gasteiger partial charge >= 0.3 is 6.03 Å². The molecule has 0 atom stereocenters. The Morgan fingerprint density at radius 1 is 1.14 bits per heavy atom. The summed E-state index contributed by atoms with van der Waals surface area (Å²) in [6.45, 7) is 1.02. The molecule has 154 valence electrons. The zero-order valence-electron chi connectivity index (χ0n) is 15.9. The first kappa shape index (κ1) is 20.6. The smallest absolute Gasteiger partial charge is 0.325 e. The van der Waals surface area contributed by atoms with E-state index in [1.165, 1.54) is 17.0 Å². The zero-order valence-corrected chi connectivity index (χ0v) is 16.7. The number of benzene rings is 2. The van der Waals surface area contributed by atoms with E-state index in [9.17, 15) is 18.0 Å². The summed E-state index contributed by atoms with van der Waals surface area (Å²) in [4.78, 5) is 28.0. The predicted molar refractivity (Wildman–Crippen MR) is 107 cm³/mol. The Morgan fingerprint density at radius 3 is 2.48 bits per heavy atom. The van der Waals surface area contributed by atoms with Crippen molar-refractivity contribution in [2.24, 2.45) is 5.14 Å². The van der Waals surface area contributed by atoms with E-state index in [2.05, 4.69) is 5.32 Å². The Bertz CT molecular complexity index is 1010. The van der Waals surface area contributed by atoms with Crippen molar-refractivity contribution >= 4 is 27.6 Å². The van der Waals surface area contributed by atoms with Crippen LogP contribution in [0, 0.1) is 0 Å². The number of carbonyl (C=O) groups excluding carboxylic acids is 2. The molecule has 1 aliphatic heterocycles. The number of nitrogens with two attached hydrogens (primary N) is 1. The van der Waals surface area contributed by atoms with Gasteiger partial charge in [-0.05, 0) is 29.8 Å². The van der Waals surface area contributed by atoms with Gasteiger partial charge in [0.05, 0.1) is 17.7 Å². The van der Waals surface area contributed by atoms with Gasteiger partial charge in [-0.25, -0.2) is 18.4 Å². The van der Waals surface area contributed by atoms with Crippen molar-refractivity contribution in [3.05, 3.63) is 54.1 Å². The Balaban J connectivity index is 1.55. The number of amides is 3. The van der Waals surface area contributed by atoms with Crippen molar-refractivity contribution in [3.8, 4) is 5.75 Å². The molecule has 3 N–H and O–H groups in total. The van der Waals surface area contributed by atoms with E-state index in [-0.39, 0.29) is 29.9 Å². The molecule has 29 heavy (non-hydrogen) atoms. The van der Waals surface area contributed by atoms with Crippen LogP contribution in [0.4, 0.5) is 10.5 Å². The second kappa shape index (κ2) is 8.50. The average Bonchev–Trinajstić information content (AvgIpc) is 3.06. The molecule has 1 aliphatic rings. The van der Waals surface area contributed by atoms with Gasteiger partial charge in [-0.2, -0.15) is 0 Å². The highest BCUT2D eigenvalue weighted by Crippen LogP contribution is 2.30. The van der Waals surface area contributed by atoms with Crippen LogP contribution >= 0.6 is 0 Å². The third-order valence-electron chi connectivity index (χ3n) is 4.55. The molecule has 0 saturated carbocycles. The van der Waals surface area contributed by atoms with Gasteiger partial charge in [-0.15, -0.1) is 0 Å². The molecule has 3 rings (SSSR count). The summed E-state index contributed by atoms with van der Waals surface area (Å²) in [5.41, 5.74) is 1.38. The summed E-state index contributed by atoms with van der Waals surface area (Å²) in [6, 6.07) is 12.9. The quantitative estimate of drug-likeness (QED) is 0.692. The van der Waals surface area contributed by atoms with Gasteiger partial charge in [0.1, 0.15) is 12.3 Å². The summed E-state index contributed by atoms with van der Waals surface area (Å²) in [5, 5.41) is 7.78. The molecular formula is C19H22N4O5S. The number of primary sulfonamides is 1. The molecule has 0 spiro atoms. The minimum atomic E-state index is -3.75. The van der Waals surface area contributed by atoms with E-state index in [1.54, 1.807) is 36.3 Å². The van der Waals surface area contributed by atoms with Gasteiger partial charge in [0.15, 0.2) is 0 Å². The molecule has 9 nitrogen and oxygen atoms in total. The van der Waals surface area contributed by atoms with Crippen molar-refractivity contribution in [2.45, 2.75) is 11.4 Å². The Kier molecular flexibility index (Phi) is 6.04. The average molecular weight is 418 g/mol. The number of hydrogen-bond donors (Lipinski definition) is 2. The highest BCUT2D eigenvalue weighted by molar-refractivity contribution is 7.89. The van der Waals surface area contributed by atoms with Crippen LogP contribution in [0.15, 0.2) is 53.4 Å². The molecule has 2 aromatic carbocycles. The lowest BCUT2D eigenvalue weighted by Gasteiger charge is -2.20. The molecule has 0 aromatic heterocycles. The largest absolute Gasteiger partial charge is 0.495 e. The van der Waals surface area contributed by atoms with Crippen molar-refractivity contribution in [1.29, 1.82) is 0 Å². The lowest BCUT2D eigenvalue weighted by atomic mass is 10.2. The number of nitrogens with zero attached hydrogens (tertiary/aromatic N) is 2. The minimum Gasteiger partial charge on any atom is -0.495 e. The van der Waals surface area contributed by atoms with Crippen molar-refractivity contribution in [2.75, 3.05) is 31.6 Å². The summed E-state index contributed by atoms with van der Waals surface area (Å²) in [5.74, 6) is 0.283. The number of rotatable bonds is 7. The van der Waals surface area contributed by atoms with E-state index in [0.29, 0.717) is 30.1 Å². The molecular weight excluding hydrogens is 396 g/mol. The van der Waals surface area contributed by atoms with Gasteiger partial charge in [-0.3, -0.25) is 9.69 Å². The maximum Gasteiger partial charge on any atom is 0.325 e. The predicted octanol–water partition coefficient (Wildman–Crippen LogP) is 0.901. The molecule has 3 amide bonds. The van der Waals surface area contributed by atoms with E-state index in [1.807, 2.05) is 12.1 Å². The fourth-order valence-electron chi connectivity index (χ4n) is 3.03. The number of ether oxygens (including phenoxy) is 1. The van der Waals surface area contributed by atoms with Crippen LogP contribution in [0.5, 0.6) is 5.75 Å². The second-order valence-electron chi connectivity index (χ2n) is 6.49. The molecule has 10 heteroatoms. The Morgan fingerprint density at radius 2 is 1.83 bits per heavy atom. The standard InChI is InChI=1S/C19H22N4O5S/c1-28-17-5-3-2-4-16(17)23-11-10-22(19(23)25)13-18(24)21-12-14-6-8-15(9-7-14)29(20,26)27/h2-9H,10-13H2,1H3,(H,21,24)(H2,20,26,27). The van der Waals surface area contributed by atoms with Crippen LogP contribution in [-0.2, 0) is 21.4 Å². The molecule has 1 saturated heterocycles. The topological polar surface area (TPSA) is 122 Å². The van der Waals surface area contributed by atoms with Gasteiger partial charge < -0.3 is 15.0 Å². The minimum absolute atomic E-state index is 0.00618. The van der Waals surface area contributed by atoms with Crippen LogP contribution in [0.1, 0.15) is 5.56 Å². The lowest BCUT2D eigenvalue weighted by Crippen LogP contribution is -2.39. The second-order valence-corrected chi connectivity index (χ2v) is 8.05. The fourth-order valence-corrected chi connectivity index (χ4v) is 3.55. The molecule has 0 unspecified atom stereocenters. The summed E-state index contributed by atoms with van der Waals surface area (Å²) < 4.78 is 27.8. The van der Waals surface area contributed by atoms with Gasteiger partial charge in [-0.1, -0.05) is 24.3 Å². The number of carbonyl (C=O) groups is 2. The number of nitrogens with one attached hydrogen (secondary N) is 1. The lowest BCUT2D eigenvalue weighted by molar-refractivity contribution is -0.121. The normalized spacial score (nSPS) is 14.2. The molecule has 1 fully saturated rings. The molecule has 2 aromatic rings. The van der Waals surface area contributed by atoms with E-state index in [4.69, 9.17) is 9.88 Å². The van der Waals surface area contributed by atoms with E-state index in [0.717, 1.165) is 0 Å². The van der Waals surface area contributed by atoms with Gasteiger partial charge in [0.25, 0.3) is 0 Å². The zero-order chi connectivity index (χ0) is 21.0. The maximum atomic E-state index is 12.7. The first-order valence-corrected chi connectivity index (χ1v) is 10.4. The van der Waals surface area contributed by atoms with Gasteiger partial charge in [0, 0.05) is 19.6 Å². The molecule has 0 aliphatic carbocycles. The van der Waals surface area contributed by atoms with Crippen molar-refractivity contribution in [1.82, 2.24) is 10.2 Å². The third kappa shape index (κ3) is 4.84. The number of urea groups is 1. The third-order valence-corrected chi connectivity index (χ3v) is 5.48. The fraction of sp³-hybridized carbons (Fsp3) is 0.263. The van der Waals surface area contributed by atoms with Crippen LogP contribution < -0.4 is 20.1 Å². The summed E-state index contributed by atoms with van der Waals surface area (Å²) >= 11 is 0. The maximum absolute atomic E-state index is 12.7. The molecule has 1 heterocycles. The van der Waals surface area contributed by atoms with Crippen molar-refractivity contribution < 1.29 is 22.7 Å². The summed E-state index contributed by atoms with van der Waals surface area (Å²) in [7, 11) is -2.21. The highest BCUT2D eigenvalue weighted by atomic mass is 32.2. The molecule has 0 bridgehead atoms. The van der Waals surface area contributed by atoms with Crippen LogP contribution in [0.3, 0.4) is 0 Å². The van der Waals surface area contributed by atoms with Crippen LogP contribution in [0.2, 0.25) is 0 Å². The van der Waals surface area contributed by atoms with Crippen LogP contribution in [-0.4, -0.2) is 52.0 Å². The van der Waals surface area contributed by atoms with Crippen LogP contribution in [0.25, 0.3) is 0 Å². The number of sulfonamides is 1. The molecule has 0 radical (unpaired) electrons. The Labute approximate surface area is 169 Å². The number of methoxy groups -OCH3 is 1. The first-order valence-electron chi connectivity index (χ1n) is 8.87. The van der Waals surface area contributed by atoms with Gasteiger partial charge in [0.2, 0.25) is 15.9 Å². The Hall–Kier alpha value is -3.11. The monoisotopic (exact) mass is 418 g/mol. The first-order chi connectivity index (χ1) is 13.8. The van der Waals surface area contributed by atoms with E-state index < -0.39 is 10.0 Å². The number of hydrogen-bond acceptors (Lipinski definition) is 5.